The largest absolute Gasteiger partial charge is 0.460 e. The molecule has 0 bridgehead atoms. The van der Waals surface area contributed by atoms with Gasteiger partial charge in [-0.15, -0.1) is 0 Å². The number of hydrogen-bond donors (Lipinski definition) is 1. The van der Waals surface area contributed by atoms with Gasteiger partial charge in [-0.05, 0) is 47.1 Å². The van der Waals surface area contributed by atoms with Gasteiger partial charge < -0.3 is 14.8 Å². The van der Waals surface area contributed by atoms with Crippen molar-refractivity contribution in [2.24, 2.45) is 0 Å². The molecule has 0 aliphatic heterocycles. The lowest BCUT2D eigenvalue weighted by atomic mass is 10.0. The van der Waals surface area contributed by atoms with E-state index in [9.17, 15) is 9.59 Å². The monoisotopic (exact) mass is 321 g/mol. The first-order valence-electron chi connectivity index (χ1n) is 7.72. The highest BCUT2D eigenvalue weighted by Crippen LogP contribution is 2.20. The Morgan fingerprint density at radius 3 is 1.96 bits per heavy atom. The summed E-state index contributed by atoms with van der Waals surface area (Å²) in [5, 5.41) is 2.74. The predicted octanol–water partition coefficient (Wildman–Crippen LogP) is 3.98. The third-order valence-corrected chi connectivity index (χ3v) is 2.68. The van der Waals surface area contributed by atoms with Gasteiger partial charge in [0.1, 0.15) is 11.2 Å². The summed E-state index contributed by atoms with van der Waals surface area (Å²) >= 11 is 0. The lowest BCUT2D eigenvalue weighted by Crippen LogP contribution is -2.36. The molecular formula is C18H27NO4. The van der Waals surface area contributed by atoms with Crippen LogP contribution in [0.4, 0.5) is 4.79 Å². The molecule has 0 radical (unpaired) electrons. The zero-order valence-electron chi connectivity index (χ0n) is 14.8. The van der Waals surface area contributed by atoms with Crippen molar-refractivity contribution in [1.82, 2.24) is 5.32 Å². The van der Waals surface area contributed by atoms with Crippen LogP contribution in [0.15, 0.2) is 30.3 Å². The van der Waals surface area contributed by atoms with Gasteiger partial charge in [-0.3, -0.25) is 4.79 Å². The first-order valence-corrected chi connectivity index (χ1v) is 7.72. The van der Waals surface area contributed by atoms with E-state index in [1.165, 1.54) is 0 Å². The van der Waals surface area contributed by atoms with E-state index in [2.05, 4.69) is 5.32 Å². The van der Waals surface area contributed by atoms with Crippen LogP contribution < -0.4 is 5.32 Å². The summed E-state index contributed by atoms with van der Waals surface area (Å²) in [4.78, 5) is 24.1. The molecule has 0 aromatic heterocycles. The van der Waals surface area contributed by atoms with Crippen molar-refractivity contribution < 1.29 is 19.1 Å². The minimum Gasteiger partial charge on any atom is -0.460 e. The number of hydrogen-bond acceptors (Lipinski definition) is 4. The first-order chi connectivity index (χ1) is 10.5. The molecule has 128 valence electrons. The van der Waals surface area contributed by atoms with Gasteiger partial charge in [0.25, 0.3) is 0 Å². The number of alkyl carbamates (subject to hydrolysis) is 1. The normalized spacial score (nSPS) is 13.1. The second-order valence-corrected chi connectivity index (χ2v) is 7.40. The molecule has 1 rings (SSSR count). The minimum absolute atomic E-state index is 0.0422. The highest BCUT2D eigenvalue weighted by Gasteiger charge is 2.25. The molecule has 0 fully saturated rings. The van der Waals surface area contributed by atoms with Crippen molar-refractivity contribution in [2.45, 2.75) is 65.2 Å². The number of rotatable bonds is 4. The van der Waals surface area contributed by atoms with E-state index in [1.54, 1.807) is 20.8 Å². The molecule has 0 heterocycles. The summed E-state index contributed by atoms with van der Waals surface area (Å²) in [6.45, 7) is 10.8. The predicted molar refractivity (Wildman–Crippen MR) is 89.0 cm³/mol. The van der Waals surface area contributed by atoms with Crippen molar-refractivity contribution in [3.63, 3.8) is 0 Å². The van der Waals surface area contributed by atoms with Gasteiger partial charge in [0, 0.05) is 0 Å². The smallest absolute Gasteiger partial charge is 0.408 e. The maximum atomic E-state index is 12.1. The fraction of sp³-hybridized carbons (Fsp3) is 0.556. The van der Waals surface area contributed by atoms with Crippen LogP contribution in [0.25, 0.3) is 0 Å². The molecule has 5 nitrogen and oxygen atoms in total. The number of esters is 1. The molecule has 0 aliphatic carbocycles. The van der Waals surface area contributed by atoms with Gasteiger partial charge in [0.2, 0.25) is 0 Å². The molecule has 1 N–H and O–H groups in total. The lowest BCUT2D eigenvalue weighted by molar-refractivity contribution is -0.155. The lowest BCUT2D eigenvalue weighted by Gasteiger charge is -2.25. The van der Waals surface area contributed by atoms with Crippen molar-refractivity contribution in [3.8, 4) is 0 Å². The van der Waals surface area contributed by atoms with Crippen molar-refractivity contribution >= 4 is 12.1 Å². The third kappa shape index (κ3) is 8.24. The highest BCUT2D eigenvalue weighted by atomic mass is 16.6. The number of ether oxygens (including phenoxy) is 2. The number of carbonyl (C=O) groups excluding carboxylic acids is 2. The molecule has 1 aromatic carbocycles. The molecule has 5 heteroatoms. The Bertz CT molecular complexity index is 496. The van der Waals surface area contributed by atoms with Crippen molar-refractivity contribution in [2.75, 3.05) is 0 Å². The van der Waals surface area contributed by atoms with E-state index < -0.39 is 23.3 Å². The number of nitrogens with one attached hydrogen (secondary N) is 1. The summed E-state index contributed by atoms with van der Waals surface area (Å²) in [6, 6.07) is 8.80. The summed E-state index contributed by atoms with van der Waals surface area (Å²) in [6.07, 6.45) is -0.518. The molecule has 1 unspecified atom stereocenters. The zero-order valence-corrected chi connectivity index (χ0v) is 14.8. The van der Waals surface area contributed by atoms with Crippen LogP contribution in [-0.2, 0) is 14.3 Å². The van der Waals surface area contributed by atoms with E-state index >= 15 is 0 Å². The van der Waals surface area contributed by atoms with Crippen LogP contribution in [0.1, 0.15) is 59.6 Å². The summed E-state index contributed by atoms with van der Waals surface area (Å²) < 4.78 is 10.6. The number of amides is 1. The average Bonchev–Trinajstić information content (AvgIpc) is 2.34. The maximum Gasteiger partial charge on any atom is 0.408 e. The second-order valence-electron chi connectivity index (χ2n) is 7.40. The van der Waals surface area contributed by atoms with Crippen molar-refractivity contribution in [1.29, 1.82) is 0 Å². The Kier molecular flexibility index (Phi) is 6.19. The third-order valence-electron chi connectivity index (χ3n) is 2.68. The van der Waals surface area contributed by atoms with Crippen LogP contribution >= 0.6 is 0 Å². The van der Waals surface area contributed by atoms with Gasteiger partial charge in [-0.25, -0.2) is 4.79 Å². The Morgan fingerprint density at radius 1 is 0.957 bits per heavy atom. The van der Waals surface area contributed by atoms with E-state index in [-0.39, 0.29) is 12.4 Å². The summed E-state index contributed by atoms with van der Waals surface area (Å²) in [5.41, 5.74) is -0.342. The van der Waals surface area contributed by atoms with E-state index in [0.717, 1.165) is 5.56 Å². The van der Waals surface area contributed by atoms with Crippen LogP contribution in [-0.4, -0.2) is 23.3 Å². The maximum absolute atomic E-state index is 12.1. The minimum atomic E-state index is -0.600. The molecule has 23 heavy (non-hydrogen) atoms. The summed E-state index contributed by atoms with van der Waals surface area (Å²) in [5.74, 6) is -0.373. The van der Waals surface area contributed by atoms with E-state index in [1.807, 2.05) is 51.1 Å². The van der Waals surface area contributed by atoms with Gasteiger partial charge in [0.05, 0.1) is 12.5 Å². The summed E-state index contributed by atoms with van der Waals surface area (Å²) in [7, 11) is 0. The fourth-order valence-corrected chi connectivity index (χ4v) is 1.94. The van der Waals surface area contributed by atoms with Crippen LogP contribution in [0.2, 0.25) is 0 Å². The topological polar surface area (TPSA) is 64.6 Å². The molecule has 0 spiro atoms. The molecule has 0 saturated carbocycles. The van der Waals surface area contributed by atoms with Crippen molar-refractivity contribution in [3.05, 3.63) is 35.9 Å². The number of benzene rings is 1. The Balaban J connectivity index is 2.83. The number of carbonyl (C=O) groups is 2. The Labute approximate surface area is 138 Å². The van der Waals surface area contributed by atoms with Gasteiger partial charge in [0.15, 0.2) is 0 Å². The fourth-order valence-electron chi connectivity index (χ4n) is 1.94. The van der Waals surface area contributed by atoms with Gasteiger partial charge in [-0.1, -0.05) is 30.3 Å². The Hall–Kier alpha value is -2.04. The SMILES string of the molecule is CC(C)(C)OC(=O)CC(NC(=O)OC(C)(C)C)c1ccccc1. The first kappa shape index (κ1) is 19.0. The van der Waals surface area contributed by atoms with Crippen LogP contribution in [0.5, 0.6) is 0 Å². The molecule has 1 aromatic rings. The second kappa shape index (κ2) is 7.49. The average molecular weight is 321 g/mol. The molecule has 1 amide bonds. The molecule has 0 saturated heterocycles. The van der Waals surface area contributed by atoms with Crippen LogP contribution in [0, 0.1) is 0 Å². The Morgan fingerprint density at radius 2 is 1.48 bits per heavy atom. The molecule has 0 aliphatic rings. The standard InChI is InChI=1S/C18H27NO4/c1-17(2,3)22-15(20)12-14(13-10-8-7-9-11-13)19-16(21)23-18(4,5)6/h7-11,14H,12H2,1-6H3,(H,19,21). The van der Waals surface area contributed by atoms with E-state index in [4.69, 9.17) is 9.47 Å². The van der Waals surface area contributed by atoms with Gasteiger partial charge >= 0.3 is 12.1 Å². The van der Waals surface area contributed by atoms with E-state index in [0.29, 0.717) is 0 Å². The highest BCUT2D eigenvalue weighted by molar-refractivity contribution is 5.73. The van der Waals surface area contributed by atoms with Gasteiger partial charge in [-0.2, -0.15) is 0 Å². The quantitative estimate of drug-likeness (QED) is 0.852. The molecule has 1 atom stereocenters. The molecular weight excluding hydrogens is 294 g/mol. The zero-order chi connectivity index (χ0) is 17.7. The van der Waals surface area contributed by atoms with Crippen LogP contribution in [0.3, 0.4) is 0 Å².